The van der Waals surface area contributed by atoms with Crippen LogP contribution in [0.5, 0.6) is 0 Å². The number of allylic oxidation sites excluding steroid dienone is 4. The zero-order valence-electron chi connectivity index (χ0n) is 7.77. The summed E-state index contributed by atoms with van der Waals surface area (Å²) in [6.07, 6.45) is 10.9. The van der Waals surface area contributed by atoms with Crippen molar-refractivity contribution in [1.29, 1.82) is 0 Å². The quantitative estimate of drug-likeness (QED) is 0.540. The fraction of sp³-hybridized carbons (Fsp3) is 0.636. The number of nitrogens with one attached hydrogen (secondary N) is 1. The van der Waals surface area contributed by atoms with E-state index < -0.39 is 0 Å². The molecule has 1 spiro atoms. The Morgan fingerprint density at radius 3 is 2.83 bits per heavy atom. The Kier molecular flexibility index (Phi) is 2.05. The zero-order chi connectivity index (χ0) is 8.44. The first-order valence-corrected chi connectivity index (χ1v) is 4.91. The van der Waals surface area contributed by atoms with E-state index in [2.05, 4.69) is 30.5 Å². The molecule has 0 radical (unpaired) electrons. The summed E-state index contributed by atoms with van der Waals surface area (Å²) < 4.78 is 0. The number of hydrogen-bond acceptors (Lipinski definition) is 1. The first-order chi connectivity index (χ1) is 5.87. The fourth-order valence-corrected chi connectivity index (χ4v) is 2.49. The summed E-state index contributed by atoms with van der Waals surface area (Å²) in [6, 6.07) is 0. The zero-order valence-corrected chi connectivity index (χ0v) is 7.77. The molecule has 1 fully saturated rings. The van der Waals surface area contributed by atoms with Gasteiger partial charge in [-0.25, -0.2) is 0 Å². The minimum Gasteiger partial charge on any atom is -0.317 e. The third-order valence-electron chi connectivity index (χ3n) is 3.26. The van der Waals surface area contributed by atoms with Gasteiger partial charge >= 0.3 is 0 Å². The highest BCUT2D eigenvalue weighted by atomic mass is 14.9. The van der Waals surface area contributed by atoms with Gasteiger partial charge in [0.05, 0.1) is 0 Å². The average Bonchev–Trinajstić information content (AvgIpc) is 2.49. The van der Waals surface area contributed by atoms with Gasteiger partial charge in [0, 0.05) is 5.41 Å². The molecule has 0 aromatic carbocycles. The number of piperidine rings is 1. The third-order valence-corrected chi connectivity index (χ3v) is 3.26. The summed E-state index contributed by atoms with van der Waals surface area (Å²) in [5.41, 5.74) is 2.10. The molecular weight excluding hydrogens is 146 g/mol. The Morgan fingerprint density at radius 1 is 1.42 bits per heavy atom. The van der Waals surface area contributed by atoms with Gasteiger partial charge in [-0.15, -0.1) is 0 Å². The average molecular weight is 163 g/mol. The Hall–Kier alpha value is -0.560. The van der Waals surface area contributed by atoms with Crippen molar-refractivity contribution >= 4 is 0 Å². The van der Waals surface area contributed by atoms with Crippen molar-refractivity contribution < 1.29 is 0 Å². The van der Waals surface area contributed by atoms with Crippen LogP contribution in [0, 0.1) is 5.41 Å². The van der Waals surface area contributed by atoms with Gasteiger partial charge in [0.25, 0.3) is 0 Å². The topological polar surface area (TPSA) is 12.0 Å². The van der Waals surface area contributed by atoms with Crippen molar-refractivity contribution in [2.45, 2.75) is 26.2 Å². The fourth-order valence-electron chi connectivity index (χ4n) is 2.49. The summed E-state index contributed by atoms with van der Waals surface area (Å²) in [6.45, 7) is 4.54. The lowest BCUT2D eigenvalue weighted by molar-refractivity contribution is 0.329. The highest BCUT2D eigenvalue weighted by Gasteiger charge is 2.34. The molecule has 1 aliphatic carbocycles. The van der Waals surface area contributed by atoms with Crippen LogP contribution < -0.4 is 5.32 Å². The maximum Gasteiger partial charge on any atom is 0.0118 e. The highest BCUT2D eigenvalue weighted by molar-refractivity contribution is 5.31. The van der Waals surface area contributed by atoms with Crippen molar-refractivity contribution in [3.63, 3.8) is 0 Å². The molecule has 1 heteroatoms. The molecule has 0 aromatic heterocycles. The van der Waals surface area contributed by atoms with Crippen molar-refractivity contribution in [3.05, 3.63) is 23.8 Å². The van der Waals surface area contributed by atoms with E-state index in [0.717, 1.165) is 0 Å². The van der Waals surface area contributed by atoms with Crippen molar-refractivity contribution in [2.75, 3.05) is 13.1 Å². The van der Waals surface area contributed by atoms with E-state index in [9.17, 15) is 0 Å². The Labute approximate surface area is 74.5 Å². The maximum absolute atomic E-state index is 3.42. The second-order valence-electron chi connectivity index (χ2n) is 3.83. The summed E-state index contributed by atoms with van der Waals surface area (Å²) in [4.78, 5) is 0. The summed E-state index contributed by atoms with van der Waals surface area (Å²) in [5, 5.41) is 3.42. The summed E-state index contributed by atoms with van der Waals surface area (Å²) in [5.74, 6) is 0. The van der Waals surface area contributed by atoms with Crippen LogP contribution in [-0.2, 0) is 0 Å². The van der Waals surface area contributed by atoms with E-state index in [0.29, 0.717) is 5.41 Å². The summed E-state index contributed by atoms with van der Waals surface area (Å²) >= 11 is 0. The van der Waals surface area contributed by atoms with Crippen LogP contribution in [-0.4, -0.2) is 13.1 Å². The molecule has 0 amide bonds. The molecule has 0 aromatic rings. The normalized spacial score (nSPS) is 30.2. The van der Waals surface area contributed by atoms with Gasteiger partial charge in [0.2, 0.25) is 0 Å². The third kappa shape index (κ3) is 1.13. The second kappa shape index (κ2) is 3.06. The molecule has 66 valence electrons. The molecule has 1 aliphatic heterocycles. The molecule has 2 rings (SSSR count). The molecule has 1 saturated heterocycles. The number of rotatable bonds is 0. The van der Waals surface area contributed by atoms with Crippen LogP contribution >= 0.6 is 0 Å². The van der Waals surface area contributed by atoms with E-state index >= 15 is 0 Å². The lowest BCUT2D eigenvalue weighted by Gasteiger charge is -2.34. The molecule has 0 unspecified atom stereocenters. The molecule has 1 heterocycles. The molecule has 0 saturated carbocycles. The van der Waals surface area contributed by atoms with Gasteiger partial charge < -0.3 is 5.32 Å². The molecular formula is C11H17N. The molecule has 0 bridgehead atoms. The maximum atomic E-state index is 3.42. The van der Waals surface area contributed by atoms with E-state index in [-0.39, 0.29) is 0 Å². The van der Waals surface area contributed by atoms with Gasteiger partial charge in [-0.05, 0) is 39.3 Å². The minimum atomic E-state index is 0.458. The Morgan fingerprint density at radius 2 is 2.17 bits per heavy atom. The first kappa shape index (κ1) is 8.06. The summed E-state index contributed by atoms with van der Waals surface area (Å²) in [7, 11) is 0. The van der Waals surface area contributed by atoms with Crippen molar-refractivity contribution in [3.8, 4) is 0 Å². The van der Waals surface area contributed by atoms with Gasteiger partial charge in [-0.1, -0.05) is 23.8 Å². The largest absolute Gasteiger partial charge is 0.317 e. The van der Waals surface area contributed by atoms with Crippen LogP contribution in [0.15, 0.2) is 23.8 Å². The monoisotopic (exact) mass is 163 g/mol. The lowest BCUT2D eigenvalue weighted by atomic mass is 9.75. The predicted octanol–water partition coefficient (Wildman–Crippen LogP) is 2.26. The molecule has 12 heavy (non-hydrogen) atoms. The van der Waals surface area contributed by atoms with E-state index in [1.165, 1.54) is 32.4 Å². The molecule has 2 aliphatic rings. The SMILES string of the molecule is CC=C1CC=CC12CCNCC2. The van der Waals surface area contributed by atoms with Gasteiger partial charge in [0.1, 0.15) is 0 Å². The van der Waals surface area contributed by atoms with Gasteiger partial charge in [0.15, 0.2) is 0 Å². The Bertz CT molecular complexity index is 219. The van der Waals surface area contributed by atoms with Crippen LogP contribution in [0.2, 0.25) is 0 Å². The first-order valence-electron chi connectivity index (χ1n) is 4.91. The Balaban J connectivity index is 2.22. The van der Waals surface area contributed by atoms with Crippen LogP contribution in [0.1, 0.15) is 26.2 Å². The highest BCUT2D eigenvalue weighted by Crippen LogP contribution is 2.44. The van der Waals surface area contributed by atoms with Crippen molar-refractivity contribution in [1.82, 2.24) is 5.32 Å². The van der Waals surface area contributed by atoms with E-state index in [1.54, 1.807) is 5.57 Å². The van der Waals surface area contributed by atoms with Crippen LogP contribution in [0.4, 0.5) is 0 Å². The van der Waals surface area contributed by atoms with Crippen LogP contribution in [0.25, 0.3) is 0 Å². The standard InChI is InChI=1S/C11H17N/c1-2-10-4-3-5-11(10)6-8-12-9-7-11/h2-3,5,12H,4,6-9H2,1H3. The van der Waals surface area contributed by atoms with E-state index in [4.69, 9.17) is 0 Å². The predicted molar refractivity (Wildman–Crippen MR) is 52.1 cm³/mol. The van der Waals surface area contributed by atoms with Gasteiger partial charge in [-0.3, -0.25) is 0 Å². The van der Waals surface area contributed by atoms with Gasteiger partial charge in [-0.2, -0.15) is 0 Å². The molecule has 1 nitrogen and oxygen atoms in total. The second-order valence-corrected chi connectivity index (χ2v) is 3.83. The van der Waals surface area contributed by atoms with Crippen LogP contribution in [0.3, 0.4) is 0 Å². The van der Waals surface area contributed by atoms with E-state index in [1.807, 2.05) is 0 Å². The minimum absolute atomic E-state index is 0.458. The smallest absolute Gasteiger partial charge is 0.0118 e. The molecule has 1 N–H and O–H groups in total. The van der Waals surface area contributed by atoms with Crippen molar-refractivity contribution in [2.24, 2.45) is 5.41 Å². The number of hydrogen-bond donors (Lipinski definition) is 1. The molecule has 0 atom stereocenters. The lowest BCUT2D eigenvalue weighted by Crippen LogP contribution is -2.35.